The highest BCUT2D eigenvalue weighted by atomic mass is 19.4. The molecule has 1 fully saturated rings. The number of nitrogens with one attached hydrogen (secondary N) is 2. The summed E-state index contributed by atoms with van der Waals surface area (Å²) in [6, 6.07) is 0. The van der Waals surface area contributed by atoms with Crippen LogP contribution < -0.4 is 10.6 Å². The number of hydrogen-bond donors (Lipinski definition) is 2. The van der Waals surface area contributed by atoms with Crippen molar-refractivity contribution in [1.29, 1.82) is 0 Å². The molecule has 2 N–H and O–H groups in total. The van der Waals surface area contributed by atoms with Crippen LogP contribution in [0.5, 0.6) is 0 Å². The van der Waals surface area contributed by atoms with Gasteiger partial charge in [0.1, 0.15) is 0 Å². The summed E-state index contributed by atoms with van der Waals surface area (Å²) in [4.78, 5) is 0. The van der Waals surface area contributed by atoms with Crippen molar-refractivity contribution in [2.24, 2.45) is 0 Å². The molecule has 96 valence electrons. The minimum absolute atomic E-state index is 0.0660. The van der Waals surface area contributed by atoms with Crippen molar-refractivity contribution in [3.63, 3.8) is 0 Å². The Morgan fingerprint density at radius 1 is 1.31 bits per heavy atom. The van der Waals surface area contributed by atoms with Crippen LogP contribution in [0.1, 0.15) is 39.0 Å². The summed E-state index contributed by atoms with van der Waals surface area (Å²) in [5, 5.41) is 6.52. The van der Waals surface area contributed by atoms with Crippen LogP contribution in [-0.2, 0) is 0 Å². The first kappa shape index (κ1) is 13.8. The third-order valence-electron chi connectivity index (χ3n) is 3.04. The second-order valence-electron chi connectivity index (χ2n) is 4.84. The Morgan fingerprint density at radius 2 is 2.06 bits per heavy atom. The van der Waals surface area contributed by atoms with E-state index in [1.54, 1.807) is 0 Å². The summed E-state index contributed by atoms with van der Waals surface area (Å²) in [7, 11) is 0. The standard InChI is InChI=1S/C11H21F3N2/c1-10(5-2-3-8-16-10)9-15-7-4-6-11(12,13)14/h15-16H,2-9H2,1H3. The largest absolute Gasteiger partial charge is 0.389 e. The Kier molecular flexibility index (Phi) is 5.05. The number of hydrogen-bond acceptors (Lipinski definition) is 2. The second-order valence-corrected chi connectivity index (χ2v) is 4.84. The highest BCUT2D eigenvalue weighted by Gasteiger charge is 2.27. The van der Waals surface area contributed by atoms with Gasteiger partial charge in [0.15, 0.2) is 0 Å². The first-order valence-corrected chi connectivity index (χ1v) is 5.94. The zero-order valence-electron chi connectivity index (χ0n) is 9.79. The van der Waals surface area contributed by atoms with Crippen molar-refractivity contribution < 1.29 is 13.2 Å². The summed E-state index contributed by atoms with van der Waals surface area (Å²) in [6.07, 6.45) is -1.05. The normalized spacial score (nSPS) is 27.0. The molecule has 1 aliphatic rings. The van der Waals surface area contributed by atoms with E-state index in [1.807, 2.05) is 0 Å². The van der Waals surface area contributed by atoms with E-state index >= 15 is 0 Å². The molecule has 1 saturated heterocycles. The van der Waals surface area contributed by atoms with Gasteiger partial charge in [-0.15, -0.1) is 0 Å². The van der Waals surface area contributed by atoms with Crippen molar-refractivity contribution in [2.75, 3.05) is 19.6 Å². The highest BCUT2D eigenvalue weighted by molar-refractivity contribution is 4.88. The predicted octanol–water partition coefficient (Wildman–Crippen LogP) is 2.45. The van der Waals surface area contributed by atoms with Gasteiger partial charge in [-0.05, 0) is 39.3 Å². The molecule has 0 radical (unpaired) electrons. The SMILES string of the molecule is CC1(CNCCCC(F)(F)F)CCCCN1. The van der Waals surface area contributed by atoms with Gasteiger partial charge in [0.2, 0.25) is 0 Å². The van der Waals surface area contributed by atoms with Crippen molar-refractivity contribution >= 4 is 0 Å². The first-order valence-electron chi connectivity index (χ1n) is 5.94. The van der Waals surface area contributed by atoms with Crippen molar-refractivity contribution in [3.8, 4) is 0 Å². The minimum atomic E-state index is -4.02. The van der Waals surface area contributed by atoms with Crippen molar-refractivity contribution in [2.45, 2.75) is 50.7 Å². The Balaban J connectivity index is 2.06. The zero-order valence-corrected chi connectivity index (χ0v) is 9.79. The summed E-state index contributed by atoms with van der Waals surface area (Å²) < 4.78 is 35.6. The summed E-state index contributed by atoms with van der Waals surface area (Å²) in [5.74, 6) is 0. The molecule has 2 nitrogen and oxygen atoms in total. The molecule has 0 aliphatic carbocycles. The van der Waals surface area contributed by atoms with Crippen LogP contribution in [0.3, 0.4) is 0 Å². The lowest BCUT2D eigenvalue weighted by Gasteiger charge is -2.35. The van der Waals surface area contributed by atoms with Crippen molar-refractivity contribution in [3.05, 3.63) is 0 Å². The molecule has 16 heavy (non-hydrogen) atoms. The smallest absolute Gasteiger partial charge is 0.315 e. The van der Waals surface area contributed by atoms with Gasteiger partial charge in [-0.3, -0.25) is 0 Å². The van der Waals surface area contributed by atoms with Gasteiger partial charge < -0.3 is 10.6 Å². The molecule has 1 atom stereocenters. The molecule has 1 heterocycles. The van der Waals surface area contributed by atoms with E-state index in [4.69, 9.17) is 0 Å². The van der Waals surface area contributed by atoms with E-state index < -0.39 is 12.6 Å². The molecule has 1 aliphatic heterocycles. The van der Waals surface area contributed by atoms with Crippen molar-refractivity contribution in [1.82, 2.24) is 10.6 Å². The summed E-state index contributed by atoms with van der Waals surface area (Å²) in [6.45, 7) is 4.34. The maximum atomic E-state index is 11.9. The fraction of sp³-hybridized carbons (Fsp3) is 1.00. The van der Waals surface area contributed by atoms with E-state index in [0.29, 0.717) is 6.54 Å². The van der Waals surface area contributed by atoms with Crippen LogP contribution in [0.15, 0.2) is 0 Å². The Morgan fingerprint density at radius 3 is 2.62 bits per heavy atom. The molecule has 0 bridgehead atoms. The Bertz CT molecular complexity index is 198. The van der Waals surface area contributed by atoms with Crippen LogP contribution in [0.25, 0.3) is 0 Å². The fourth-order valence-corrected chi connectivity index (χ4v) is 2.05. The lowest BCUT2D eigenvalue weighted by atomic mass is 9.91. The Labute approximate surface area is 95.0 Å². The van der Waals surface area contributed by atoms with Gasteiger partial charge in [0.25, 0.3) is 0 Å². The molecule has 0 aromatic rings. The molecule has 1 unspecified atom stereocenters. The number of halogens is 3. The predicted molar refractivity (Wildman–Crippen MR) is 58.4 cm³/mol. The lowest BCUT2D eigenvalue weighted by Crippen LogP contribution is -2.52. The molecule has 0 spiro atoms. The molecule has 1 rings (SSSR count). The minimum Gasteiger partial charge on any atom is -0.315 e. The van der Waals surface area contributed by atoms with Gasteiger partial charge in [0, 0.05) is 18.5 Å². The first-order chi connectivity index (χ1) is 7.41. The molecular formula is C11H21F3N2. The van der Waals surface area contributed by atoms with Gasteiger partial charge in [-0.1, -0.05) is 6.42 Å². The van der Waals surface area contributed by atoms with E-state index in [-0.39, 0.29) is 12.0 Å². The Hall–Kier alpha value is -0.290. The molecule has 5 heteroatoms. The number of alkyl halides is 3. The fourth-order valence-electron chi connectivity index (χ4n) is 2.05. The summed E-state index contributed by atoms with van der Waals surface area (Å²) in [5.41, 5.74) is 0.0660. The number of piperidine rings is 1. The van der Waals surface area contributed by atoms with E-state index in [1.165, 1.54) is 12.8 Å². The van der Waals surface area contributed by atoms with Crippen LogP contribution >= 0.6 is 0 Å². The maximum absolute atomic E-state index is 11.9. The van der Waals surface area contributed by atoms with Crippen LogP contribution in [-0.4, -0.2) is 31.3 Å². The van der Waals surface area contributed by atoms with E-state index in [2.05, 4.69) is 17.6 Å². The third kappa shape index (κ3) is 5.70. The third-order valence-corrected chi connectivity index (χ3v) is 3.04. The van der Waals surface area contributed by atoms with Crippen LogP contribution in [0.2, 0.25) is 0 Å². The monoisotopic (exact) mass is 238 g/mol. The zero-order chi connectivity index (χ0) is 12.1. The van der Waals surface area contributed by atoms with Crippen LogP contribution in [0, 0.1) is 0 Å². The van der Waals surface area contributed by atoms with Gasteiger partial charge in [0.05, 0.1) is 0 Å². The number of rotatable bonds is 5. The van der Waals surface area contributed by atoms with E-state index in [0.717, 1.165) is 19.5 Å². The van der Waals surface area contributed by atoms with Crippen LogP contribution in [0.4, 0.5) is 13.2 Å². The molecule has 0 aromatic heterocycles. The average Bonchev–Trinajstić information content (AvgIpc) is 2.16. The molecule has 0 aromatic carbocycles. The quantitative estimate of drug-likeness (QED) is 0.719. The van der Waals surface area contributed by atoms with Gasteiger partial charge >= 0.3 is 6.18 Å². The van der Waals surface area contributed by atoms with Gasteiger partial charge in [-0.2, -0.15) is 13.2 Å². The second kappa shape index (κ2) is 5.87. The molecule has 0 amide bonds. The topological polar surface area (TPSA) is 24.1 Å². The lowest BCUT2D eigenvalue weighted by molar-refractivity contribution is -0.135. The highest BCUT2D eigenvalue weighted by Crippen LogP contribution is 2.21. The average molecular weight is 238 g/mol. The van der Waals surface area contributed by atoms with E-state index in [9.17, 15) is 13.2 Å². The van der Waals surface area contributed by atoms with Gasteiger partial charge in [-0.25, -0.2) is 0 Å². The maximum Gasteiger partial charge on any atom is 0.389 e. The summed E-state index contributed by atoms with van der Waals surface area (Å²) >= 11 is 0. The molecule has 0 saturated carbocycles. The molecular weight excluding hydrogens is 217 g/mol.